The highest BCUT2D eigenvalue weighted by Crippen LogP contribution is 2.22. The zero-order valence-electron chi connectivity index (χ0n) is 12.9. The molecule has 0 atom stereocenters. The van der Waals surface area contributed by atoms with Crippen LogP contribution in [0.3, 0.4) is 0 Å². The average Bonchev–Trinajstić information content (AvgIpc) is 3.00. The van der Waals surface area contributed by atoms with Gasteiger partial charge in [-0.1, -0.05) is 12.1 Å². The van der Waals surface area contributed by atoms with Crippen LogP contribution < -0.4 is 0 Å². The molecule has 1 amide bonds. The first-order valence-corrected chi connectivity index (χ1v) is 7.37. The summed E-state index contributed by atoms with van der Waals surface area (Å²) in [6, 6.07) is 7.67. The molecule has 116 valence electrons. The van der Waals surface area contributed by atoms with Crippen LogP contribution in [0.15, 0.2) is 36.9 Å². The normalized spacial score (nSPS) is 17.5. The summed E-state index contributed by atoms with van der Waals surface area (Å²) in [5, 5.41) is 4.08. The molecule has 6 heteroatoms. The number of carbonyl (C=O) groups is 1. The topological polar surface area (TPSA) is 60.2 Å². The molecule has 2 aromatic rings. The molecule has 0 radical (unpaired) electrons. The summed E-state index contributed by atoms with van der Waals surface area (Å²) < 4.78 is 7.22. The van der Waals surface area contributed by atoms with Crippen LogP contribution in [0.5, 0.6) is 0 Å². The Morgan fingerprint density at radius 3 is 2.73 bits per heavy atom. The zero-order valence-corrected chi connectivity index (χ0v) is 12.9. The molecule has 1 aromatic carbocycles. The standard InChI is InChI=1S/C16H20N4O2/c1-16(2)10-22-8-7-20(16)15(21)14-5-3-13(4-6-14)9-19-12-17-11-18-19/h3-6,11-12H,7-10H2,1-2H3. The fraction of sp³-hybridized carbons (Fsp3) is 0.438. The summed E-state index contributed by atoms with van der Waals surface area (Å²) in [7, 11) is 0. The van der Waals surface area contributed by atoms with Crippen LogP contribution in [0.2, 0.25) is 0 Å². The summed E-state index contributed by atoms with van der Waals surface area (Å²) >= 11 is 0. The maximum absolute atomic E-state index is 12.7. The molecular weight excluding hydrogens is 280 g/mol. The van der Waals surface area contributed by atoms with Crippen LogP contribution in [0.25, 0.3) is 0 Å². The largest absolute Gasteiger partial charge is 0.377 e. The van der Waals surface area contributed by atoms with E-state index in [2.05, 4.69) is 10.1 Å². The first-order chi connectivity index (χ1) is 10.6. The van der Waals surface area contributed by atoms with Gasteiger partial charge in [-0.2, -0.15) is 5.10 Å². The van der Waals surface area contributed by atoms with Crippen LogP contribution in [0.1, 0.15) is 29.8 Å². The van der Waals surface area contributed by atoms with Gasteiger partial charge in [-0.05, 0) is 31.5 Å². The number of nitrogens with zero attached hydrogens (tertiary/aromatic N) is 4. The van der Waals surface area contributed by atoms with Gasteiger partial charge in [-0.25, -0.2) is 9.67 Å². The summed E-state index contributed by atoms with van der Waals surface area (Å²) in [6.45, 7) is 6.51. The molecular formula is C16H20N4O2. The highest BCUT2D eigenvalue weighted by Gasteiger charge is 2.34. The molecule has 0 N–H and O–H groups in total. The van der Waals surface area contributed by atoms with E-state index in [0.29, 0.717) is 31.9 Å². The number of morpholine rings is 1. The van der Waals surface area contributed by atoms with Gasteiger partial charge in [0.2, 0.25) is 0 Å². The molecule has 0 saturated carbocycles. The van der Waals surface area contributed by atoms with Crippen molar-refractivity contribution in [3.05, 3.63) is 48.0 Å². The van der Waals surface area contributed by atoms with Crippen molar-refractivity contribution in [2.45, 2.75) is 25.9 Å². The smallest absolute Gasteiger partial charge is 0.254 e. The Morgan fingerprint density at radius 1 is 1.32 bits per heavy atom. The van der Waals surface area contributed by atoms with E-state index in [1.807, 2.05) is 43.0 Å². The van der Waals surface area contributed by atoms with E-state index < -0.39 is 0 Å². The number of ether oxygens (including phenoxy) is 1. The van der Waals surface area contributed by atoms with Gasteiger partial charge >= 0.3 is 0 Å². The molecule has 0 spiro atoms. The number of benzene rings is 1. The lowest BCUT2D eigenvalue weighted by molar-refractivity contribution is -0.0370. The van der Waals surface area contributed by atoms with Crippen LogP contribution in [0, 0.1) is 0 Å². The van der Waals surface area contributed by atoms with Gasteiger partial charge in [-0.3, -0.25) is 4.79 Å². The van der Waals surface area contributed by atoms with Crippen molar-refractivity contribution in [2.24, 2.45) is 0 Å². The average molecular weight is 300 g/mol. The molecule has 1 aliphatic rings. The second-order valence-corrected chi connectivity index (χ2v) is 6.11. The first-order valence-electron chi connectivity index (χ1n) is 7.37. The van der Waals surface area contributed by atoms with Crippen molar-refractivity contribution in [3.8, 4) is 0 Å². The van der Waals surface area contributed by atoms with Crippen molar-refractivity contribution >= 4 is 5.91 Å². The second kappa shape index (κ2) is 5.88. The molecule has 3 rings (SSSR count). The van der Waals surface area contributed by atoms with E-state index in [4.69, 9.17) is 4.74 Å². The van der Waals surface area contributed by atoms with Gasteiger partial charge in [-0.15, -0.1) is 0 Å². The highest BCUT2D eigenvalue weighted by molar-refractivity contribution is 5.94. The Hall–Kier alpha value is -2.21. The SMILES string of the molecule is CC1(C)COCCN1C(=O)c1ccc(Cn2cncn2)cc1. The molecule has 22 heavy (non-hydrogen) atoms. The second-order valence-electron chi connectivity index (χ2n) is 6.11. The maximum Gasteiger partial charge on any atom is 0.254 e. The van der Waals surface area contributed by atoms with Gasteiger partial charge in [0.25, 0.3) is 5.91 Å². The lowest BCUT2D eigenvalue weighted by atomic mass is 10.0. The highest BCUT2D eigenvalue weighted by atomic mass is 16.5. The molecule has 1 fully saturated rings. The van der Waals surface area contributed by atoms with Gasteiger partial charge < -0.3 is 9.64 Å². The van der Waals surface area contributed by atoms with Crippen molar-refractivity contribution < 1.29 is 9.53 Å². The van der Waals surface area contributed by atoms with E-state index >= 15 is 0 Å². The van der Waals surface area contributed by atoms with E-state index in [-0.39, 0.29) is 11.4 Å². The predicted octanol–water partition coefficient (Wildman–Crippen LogP) is 1.58. The quantitative estimate of drug-likeness (QED) is 0.863. The van der Waals surface area contributed by atoms with Gasteiger partial charge in [0, 0.05) is 12.1 Å². The summed E-state index contributed by atoms with van der Waals surface area (Å²) in [4.78, 5) is 18.5. The third-order valence-corrected chi connectivity index (χ3v) is 3.90. The number of rotatable bonds is 3. The molecule has 6 nitrogen and oxygen atoms in total. The molecule has 1 aliphatic heterocycles. The van der Waals surface area contributed by atoms with Crippen LogP contribution >= 0.6 is 0 Å². The lowest BCUT2D eigenvalue weighted by Crippen LogP contribution is -2.55. The van der Waals surface area contributed by atoms with Crippen LogP contribution in [-0.4, -0.2) is 50.9 Å². The number of hydrogen-bond acceptors (Lipinski definition) is 4. The van der Waals surface area contributed by atoms with Crippen molar-refractivity contribution in [1.82, 2.24) is 19.7 Å². The fourth-order valence-corrected chi connectivity index (χ4v) is 2.64. The molecule has 1 saturated heterocycles. The minimum Gasteiger partial charge on any atom is -0.377 e. The molecule has 0 aliphatic carbocycles. The van der Waals surface area contributed by atoms with Gasteiger partial charge in [0.05, 0.1) is 25.3 Å². The molecule has 2 heterocycles. The van der Waals surface area contributed by atoms with Crippen molar-refractivity contribution in [2.75, 3.05) is 19.8 Å². The Balaban J connectivity index is 1.73. The third kappa shape index (κ3) is 3.01. The number of carbonyl (C=O) groups excluding carboxylic acids is 1. The summed E-state index contributed by atoms with van der Waals surface area (Å²) in [6.07, 6.45) is 3.19. The predicted molar refractivity (Wildman–Crippen MR) is 81.5 cm³/mol. The Labute approximate surface area is 129 Å². The summed E-state index contributed by atoms with van der Waals surface area (Å²) in [5.41, 5.74) is 1.52. The maximum atomic E-state index is 12.7. The number of aromatic nitrogens is 3. The Bertz CT molecular complexity index is 635. The monoisotopic (exact) mass is 300 g/mol. The van der Waals surface area contributed by atoms with Crippen molar-refractivity contribution in [1.29, 1.82) is 0 Å². The van der Waals surface area contributed by atoms with E-state index in [0.717, 1.165) is 5.56 Å². The molecule has 0 unspecified atom stereocenters. The fourth-order valence-electron chi connectivity index (χ4n) is 2.64. The van der Waals surface area contributed by atoms with E-state index in [1.165, 1.54) is 6.33 Å². The lowest BCUT2D eigenvalue weighted by Gasteiger charge is -2.42. The van der Waals surface area contributed by atoms with Gasteiger partial charge in [0.1, 0.15) is 12.7 Å². The zero-order chi connectivity index (χ0) is 15.6. The first kappa shape index (κ1) is 14.7. The van der Waals surface area contributed by atoms with E-state index in [9.17, 15) is 4.79 Å². The minimum absolute atomic E-state index is 0.0561. The van der Waals surface area contributed by atoms with Gasteiger partial charge in [0.15, 0.2) is 0 Å². The van der Waals surface area contributed by atoms with Crippen LogP contribution in [0.4, 0.5) is 0 Å². The Morgan fingerprint density at radius 2 is 2.09 bits per heavy atom. The molecule has 1 aromatic heterocycles. The molecule has 0 bridgehead atoms. The Kier molecular flexibility index (Phi) is 3.94. The van der Waals surface area contributed by atoms with E-state index in [1.54, 1.807) is 11.0 Å². The van der Waals surface area contributed by atoms with Crippen LogP contribution in [-0.2, 0) is 11.3 Å². The van der Waals surface area contributed by atoms with Crippen molar-refractivity contribution in [3.63, 3.8) is 0 Å². The number of hydrogen-bond donors (Lipinski definition) is 0. The minimum atomic E-state index is -0.269. The summed E-state index contributed by atoms with van der Waals surface area (Å²) in [5.74, 6) is 0.0561. The number of amides is 1. The third-order valence-electron chi connectivity index (χ3n) is 3.90.